The third kappa shape index (κ3) is 5.55. The Kier molecular flexibility index (Phi) is 7.75. The number of carbonyl (C=O) groups is 1. The van der Waals surface area contributed by atoms with Gasteiger partial charge in [-0.25, -0.2) is 0 Å². The van der Waals surface area contributed by atoms with Crippen molar-refractivity contribution < 1.29 is 9.53 Å². The number of benzene rings is 2. The van der Waals surface area contributed by atoms with E-state index < -0.39 is 6.04 Å². The van der Waals surface area contributed by atoms with Gasteiger partial charge in [-0.3, -0.25) is 4.79 Å². The second-order valence-corrected chi connectivity index (χ2v) is 5.74. The number of carbonyl (C=O) groups excluding carboxylic acids is 1. The topological polar surface area (TPSA) is 64.3 Å². The van der Waals surface area contributed by atoms with Crippen LogP contribution in [0.15, 0.2) is 48.5 Å². The smallest absolute Gasteiger partial charge is 0.245 e. The molecule has 0 saturated carbocycles. The molecule has 0 aliphatic heterocycles. The van der Waals surface area contributed by atoms with Gasteiger partial charge in [-0.1, -0.05) is 36.8 Å². The van der Waals surface area contributed by atoms with Crippen molar-refractivity contribution in [2.75, 3.05) is 5.32 Å². The number of halogens is 1. The summed E-state index contributed by atoms with van der Waals surface area (Å²) in [4.78, 5) is 12.2. The summed E-state index contributed by atoms with van der Waals surface area (Å²) in [5, 5.41) is 2.83. The largest absolute Gasteiger partial charge is 0.491 e. The summed E-state index contributed by atoms with van der Waals surface area (Å²) in [7, 11) is 0. The maximum absolute atomic E-state index is 12.2. The summed E-state index contributed by atoms with van der Waals surface area (Å²) in [5.74, 6) is 0.560. The normalized spacial score (nSPS) is 12.7. The van der Waals surface area contributed by atoms with Gasteiger partial charge in [0.15, 0.2) is 0 Å². The molecule has 0 aromatic heterocycles. The number of anilines is 1. The van der Waals surface area contributed by atoms with E-state index in [4.69, 9.17) is 10.5 Å². The first-order valence-electron chi connectivity index (χ1n) is 7.89. The van der Waals surface area contributed by atoms with Gasteiger partial charge >= 0.3 is 0 Å². The maximum atomic E-state index is 12.2. The molecule has 2 rings (SSSR count). The van der Waals surface area contributed by atoms with Crippen LogP contribution in [0.4, 0.5) is 5.69 Å². The molecular weight excluding hydrogens is 324 g/mol. The summed E-state index contributed by atoms with van der Waals surface area (Å²) in [5.41, 5.74) is 8.65. The number of aryl methyl sites for hydroxylation is 1. The van der Waals surface area contributed by atoms with Crippen molar-refractivity contribution in [1.82, 2.24) is 0 Å². The lowest BCUT2D eigenvalue weighted by molar-refractivity contribution is -0.117. The average Bonchev–Trinajstić information content (AvgIpc) is 2.56. The third-order valence-corrected chi connectivity index (χ3v) is 3.75. The van der Waals surface area contributed by atoms with E-state index in [1.54, 1.807) is 0 Å². The van der Waals surface area contributed by atoms with Crippen LogP contribution in [0.1, 0.15) is 37.4 Å². The van der Waals surface area contributed by atoms with Crippen LogP contribution in [-0.2, 0) is 4.79 Å². The standard InChI is InChI=1S/C19H24N2O2.ClH/c1-4-14(3)23-17-11-9-16(10-12-17)21-19(22)18(20)15-7-5-13(2)6-8-15;/h5-12,14,18H,4,20H2,1-3H3,(H,21,22);1H. The Hall–Kier alpha value is -2.04. The summed E-state index contributed by atoms with van der Waals surface area (Å²) in [6.45, 7) is 6.10. The van der Waals surface area contributed by atoms with Crippen molar-refractivity contribution in [1.29, 1.82) is 0 Å². The predicted molar refractivity (Wildman–Crippen MR) is 101 cm³/mol. The minimum Gasteiger partial charge on any atom is -0.491 e. The molecule has 2 aromatic rings. The fraction of sp³-hybridized carbons (Fsp3) is 0.316. The number of ether oxygens (including phenoxy) is 1. The zero-order valence-corrected chi connectivity index (χ0v) is 15.1. The highest BCUT2D eigenvalue weighted by molar-refractivity contribution is 5.95. The van der Waals surface area contributed by atoms with Crippen LogP contribution in [0, 0.1) is 6.92 Å². The van der Waals surface area contributed by atoms with Crippen LogP contribution in [0.5, 0.6) is 5.75 Å². The second-order valence-electron chi connectivity index (χ2n) is 5.74. The van der Waals surface area contributed by atoms with Gasteiger partial charge in [0.25, 0.3) is 0 Å². The first-order chi connectivity index (χ1) is 11.0. The summed E-state index contributed by atoms with van der Waals surface area (Å²) < 4.78 is 5.71. The van der Waals surface area contributed by atoms with Crippen LogP contribution in [-0.4, -0.2) is 12.0 Å². The summed E-state index contributed by atoms with van der Waals surface area (Å²) in [6, 6.07) is 14.3. The van der Waals surface area contributed by atoms with E-state index in [0.717, 1.165) is 23.3 Å². The molecule has 130 valence electrons. The van der Waals surface area contributed by atoms with Gasteiger partial charge in [0, 0.05) is 5.69 Å². The molecule has 3 N–H and O–H groups in total. The highest BCUT2D eigenvalue weighted by Crippen LogP contribution is 2.19. The minimum absolute atomic E-state index is 0. The zero-order valence-electron chi connectivity index (χ0n) is 14.3. The number of rotatable bonds is 6. The van der Waals surface area contributed by atoms with E-state index in [1.165, 1.54) is 0 Å². The number of nitrogens with one attached hydrogen (secondary N) is 1. The van der Waals surface area contributed by atoms with Crippen molar-refractivity contribution in [2.45, 2.75) is 39.3 Å². The number of hydrogen-bond acceptors (Lipinski definition) is 3. The molecule has 0 aliphatic carbocycles. The first-order valence-corrected chi connectivity index (χ1v) is 7.89. The van der Waals surface area contributed by atoms with Crippen molar-refractivity contribution >= 4 is 24.0 Å². The molecule has 0 spiro atoms. The van der Waals surface area contributed by atoms with Crippen molar-refractivity contribution in [3.05, 3.63) is 59.7 Å². The number of hydrogen-bond donors (Lipinski definition) is 2. The Morgan fingerprint density at radius 2 is 1.71 bits per heavy atom. The van der Waals surface area contributed by atoms with Crippen LogP contribution in [0.25, 0.3) is 0 Å². The monoisotopic (exact) mass is 348 g/mol. The lowest BCUT2D eigenvalue weighted by atomic mass is 10.1. The molecule has 24 heavy (non-hydrogen) atoms. The van der Waals surface area contributed by atoms with E-state index in [0.29, 0.717) is 5.69 Å². The average molecular weight is 349 g/mol. The highest BCUT2D eigenvalue weighted by Gasteiger charge is 2.15. The van der Waals surface area contributed by atoms with Crippen LogP contribution in [0.2, 0.25) is 0 Å². The fourth-order valence-electron chi connectivity index (χ4n) is 2.08. The van der Waals surface area contributed by atoms with E-state index >= 15 is 0 Å². The molecular formula is C19H25ClN2O2. The van der Waals surface area contributed by atoms with E-state index in [1.807, 2.05) is 62.4 Å². The van der Waals surface area contributed by atoms with Gasteiger partial charge in [-0.2, -0.15) is 0 Å². The second kappa shape index (κ2) is 9.30. The van der Waals surface area contributed by atoms with Crippen molar-refractivity contribution in [2.24, 2.45) is 5.73 Å². The fourth-order valence-corrected chi connectivity index (χ4v) is 2.08. The van der Waals surface area contributed by atoms with Crippen LogP contribution in [0.3, 0.4) is 0 Å². The Bertz CT molecular complexity index is 641. The predicted octanol–water partition coefficient (Wildman–Crippen LogP) is 4.23. The number of amides is 1. The van der Waals surface area contributed by atoms with Gasteiger partial charge in [0.05, 0.1) is 6.10 Å². The van der Waals surface area contributed by atoms with Crippen LogP contribution < -0.4 is 15.8 Å². The van der Waals surface area contributed by atoms with E-state index in [-0.39, 0.29) is 24.4 Å². The number of nitrogens with two attached hydrogens (primary N) is 1. The molecule has 0 fully saturated rings. The highest BCUT2D eigenvalue weighted by atomic mass is 35.5. The van der Waals surface area contributed by atoms with Gasteiger partial charge in [0.2, 0.25) is 5.91 Å². The van der Waals surface area contributed by atoms with E-state index in [9.17, 15) is 4.79 Å². The Balaban J connectivity index is 0.00000288. The van der Waals surface area contributed by atoms with E-state index in [2.05, 4.69) is 12.2 Å². The van der Waals surface area contributed by atoms with Gasteiger partial charge in [0.1, 0.15) is 11.8 Å². The van der Waals surface area contributed by atoms with Crippen molar-refractivity contribution in [3.63, 3.8) is 0 Å². The minimum atomic E-state index is -0.688. The molecule has 0 bridgehead atoms. The molecule has 0 saturated heterocycles. The quantitative estimate of drug-likeness (QED) is 0.820. The molecule has 2 aromatic carbocycles. The lowest BCUT2D eigenvalue weighted by Gasteiger charge is -2.15. The molecule has 0 radical (unpaired) electrons. The Labute approximate surface area is 149 Å². The van der Waals surface area contributed by atoms with Crippen molar-refractivity contribution in [3.8, 4) is 5.75 Å². The molecule has 2 atom stereocenters. The third-order valence-electron chi connectivity index (χ3n) is 3.75. The lowest BCUT2D eigenvalue weighted by Crippen LogP contribution is -2.27. The molecule has 1 amide bonds. The summed E-state index contributed by atoms with van der Waals surface area (Å²) >= 11 is 0. The van der Waals surface area contributed by atoms with Gasteiger partial charge < -0.3 is 15.8 Å². The molecule has 4 nitrogen and oxygen atoms in total. The summed E-state index contributed by atoms with van der Waals surface area (Å²) in [6.07, 6.45) is 1.12. The van der Waals surface area contributed by atoms with Gasteiger partial charge in [-0.15, -0.1) is 12.4 Å². The Morgan fingerprint density at radius 1 is 1.12 bits per heavy atom. The van der Waals surface area contributed by atoms with Crippen LogP contribution >= 0.6 is 12.4 Å². The molecule has 0 aliphatic rings. The molecule has 5 heteroatoms. The zero-order chi connectivity index (χ0) is 16.8. The molecule has 2 unspecified atom stereocenters. The maximum Gasteiger partial charge on any atom is 0.245 e. The van der Waals surface area contributed by atoms with Gasteiger partial charge in [-0.05, 0) is 50.1 Å². The molecule has 0 heterocycles. The first kappa shape index (κ1) is 20.0. The Morgan fingerprint density at radius 3 is 2.25 bits per heavy atom. The SMILES string of the molecule is CCC(C)Oc1ccc(NC(=O)C(N)c2ccc(C)cc2)cc1.Cl.